The molecule has 3 N–H and O–H groups in total. The Kier molecular flexibility index (Phi) is 7.65. The summed E-state index contributed by atoms with van der Waals surface area (Å²) in [4.78, 5) is 29.8. The number of benzene rings is 1. The molecular weight excluding hydrogens is 515 g/mol. The fourth-order valence-corrected chi connectivity index (χ4v) is 3.89. The number of alkyl halides is 3. The molecule has 0 saturated carbocycles. The van der Waals surface area contributed by atoms with E-state index in [1.807, 2.05) is 6.92 Å². The van der Waals surface area contributed by atoms with Gasteiger partial charge in [0.05, 0.1) is 29.6 Å². The number of nitrogens with one attached hydrogen (secondary N) is 3. The van der Waals surface area contributed by atoms with Crippen LogP contribution < -0.4 is 20.7 Å². The maximum atomic E-state index is 13.0. The molecule has 0 unspecified atom stereocenters. The van der Waals surface area contributed by atoms with E-state index in [4.69, 9.17) is 4.74 Å². The van der Waals surface area contributed by atoms with Crippen LogP contribution in [0, 0.1) is 20.8 Å². The Hall–Kier alpha value is -4.75. The third-order valence-corrected chi connectivity index (χ3v) is 5.51. The highest BCUT2D eigenvalue weighted by atomic mass is 19.4. The van der Waals surface area contributed by atoms with Gasteiger partial charge in [0.15, 0.2) is 11.6 Å². The molecule has 1 amide bonds. The van der Waals surface area contributed by atoms with Gasteiger partial charge in [-0.25, -0.2) is 24.6 Å². The fraction of sp³-hybridized carbons (Fsp3) is 0.280. The number of rotatable bonds is 8. The van der Waals surface area contributed by atoms with Crippen LogP contribution in [0.25, 0.3) is 11.4 Å². The van der Waals surface area contributed by atoms with Crippen LogP contribution in [0.3, 0.4) is 0 Å². The molecule has 39 heavy (non-hydrogen) atoms. The molecule has 3 aromatic heterocycles. The first-order valence-corrected chi connectivity index (χ1v) is 11.7. The number of halogens is 3. The van der Waals surface area contributed by atoms with Gasteiger partial charge in [-0.3, -0.25) is 4.79 Å². The minimum atomic E-state index is -4.45. The second-order valence-corrected chi connectivity index (χ2v) is 8.53. The topological polar surface area (TPSA) is 132 Å². The number of para-hydroxylation sites is 1. The Morgan fingerprint density at radius 2 is 1.79 bits per heavy atom. The van der Waals surface area contributed by atoms with E-state index in [0.717, 1.165) is 10.4 Å². The Morgan fingerprint density at radius 1 is 1.03 bits per heavy atom. The summed E-state index contributed by atoms with van der Waals surface area (Å²) >= 11 is 0. The van der Waals surface area contributed by atoms with E-state index in [0.29, 0.717) is 34.4 Å². The number of hydrogen-bond acceptors (Lipinski definition) is 9. The molecule has 3 heterocycles. The first-order valence-electron chi connectivity index (χ1n) is 11.7. The van der Waals surface area contributed by atoms with Crippen molar-refractivity contribution in [3.8, 4) is 17.1 Å². The van der Waals surface area contributed by atoms with E-state index in [9.17, 15) is 18.0 Å². The van der Waals surface area contributed by atoms with Crippen LogP contribution in [-0.2, 0) is 6.54 Å². The predicted octanol–water partition coefficient (Wildman–Crippen LogP) is 4.47. The number of aryl methyl sites for hydroxylation is 3. The van der Waals surface area contributed by atoms with Crippen molar-refractivity contribution in [3.63, 3.8) is 0 Å². The Bertz CT molecular complexity index is 1500. The van der Waals surface area contributed by atoms with Crippen molar-refractivity contribution < 1.29 is 22.7 Å². The second-order valence-electron chi connectivity index (χ2n) is 8.53. The van der Waals surface area contributed by atoms with Gasteiger partial charge in [0.2, 0.25) is 0 Å². The van der Waals surface area contributed by atoms with Crippen LogP contribution >= 0.6 is 0 Å². The first-order chi connectivity index (χ1) is 18.5. The van der Waals surface area contributed by atoms with E-state index in [1.165, 1.54) is 27.3 Å². The van der Waals surface area contributed by atoms with Gasteiger partial charge >= 0.3 is 6.18 Å². The van der Waals surface area contributed by atoms with E-state index in [-0.39, 0.29) is 28.9 Å². The monoisotopic (exact) mass is 541 g/mol. The lowest BCUT2D eigenvalue weighted by molar-refractivity contribution is -0.143. The number of methoxy groups -OCH3 is 1. The minimum absolute atomic E-state index is 0.0651. The molecule has 204 valence electrons. The molecule has 11 nitrogen and oxygen atoms in total. The molecule has 0 radical (unpaired) electrons. The zero-order chi connectivity index (χ0) is 28.3. The normalized spacial score (nSPS) is 11.3. The maximum Gasteiger partial charge on any atom is 0.408 e. The van der Waals surface area contributed by atoms with Crippen LogP contribution in [0.15, 0.2) is 36.5 Å². The van der Waals surface area contributed by atoms with Crippen molar-refractivity contribution in [1.29, 1.82) is 0 Å². The third-order valence-electron chi connectivity index (χ3n) is 5.51. The standard InChI is InChI=1S/C25H26F3N9O2/c1-13-9-21(32-14(2)31-13)35-20-10-19(17(11-30-20)24(38)29-4)34-18-8-6-7-16(22(18)39-5)23-33-15(3)37(36-23)12-25(26,27)28/h6-11H,12H2,1-5H3,(H,29,38)(H2,30,31,32,34,35). The number of pyridine rings is 1. The highest BCUT2D eigenvalue weighted by Gasteiger charge is 2.30. The average molecular weight is 542 g/mol. The zero-order valence-corrected chi connectivity index (χ0v) is 21.8. The van der Waals surface area contributed by atoms with Crippen molar-refractivity contribution in [3.05, 3.63) is 59.4 Å². The number of aromatic nitrogens is 6. The van der Waals surface area contributed by atoms with Crippen molar-refractivity contribution in [2.45, 2.75) is 33.5 Å². The lowest BCUT2D eigenvalue weighted by atomic mass is 10.1. The molecule has 14 heteroatoms. The van der Waals surface area contributed by atoms with E-state index in [1.54, 1.807) is 37.3 Å². The molecule has 0 aliphatic carbocycles. The van der Waals surface area contributed by atoms with Gasteiger partial charge in [-0.2, -0.15) is 18.3 Å². The van der Waals surface area contributed by atoms with Crippen molar-refractivity contribution in [2.24, 2.45) is 0 Å². The number of hydrogen-bond donors (Lipinski definition) is 3. The quantitative estimate of drug-likeness (QED) is 0.296. The fourth-order valence-electron chi connectivity index (χ4n) is 3.89. The van der Waals surface area contributed by atoms with Gasteiger partial charge in [-0.1, -0.05) is 6.07 Å². The molecule has 1 aromatic carbocycles. The Labute approximate surface area is 221 Å². The summed E-state index contributed by atoms with van der Waals surface area (Å²) in [6.07, 6.45) is -3.04. The molecule has 4 aromatic rings. The van der Waals surface area contributed by atoms with E-state index in [2.05, 4.69) is 41.0 Å². The lowest BCUT2D eigenvalue weighted by Crippen LogP contribution is -2.19. The molecule has 0 aliphatic heterocycles. The molecular formula is C25H26F3N9O2. The number of carbonyl (C=O) groups is 1. The molecule has 0 fully saturated rings. The summed E-state index contributed by atoms with van der Waals surface area (Å²) in [6, 6.07) is 8.39. The minimum Gasteiger partial charge on any atom is -0.494 e. The SMILES string of the molecule is CNC(=O)c1cnc(Nc2cc(C)nc(C)n2)cc1Nc1cccc(-c2nc(C)n(CC(F)(F)F)n2)c1OC. The number of carbonyl (C=O) groups excluding carboxylic acids is 1. The summed E-state index contributed by atoms with van der Waals surface area (Å²) in [5.41, 5.74) is 2.20. The van der Waals surface area contributed by atoms with Crippen molar-refractivity contribution in [2.75, 3.05) is 24.8 Å². The van der Waals surface area contributed by atoms with E-state index >= 15 is 0 Å². The predicted molar refractivity (Wildman–Crippen MR) is 139 cm³/mol. The lowest BCUT2D eigenvalue weighted by Gasteiger charge is -2.17. The molecule has 0 atom stereocenters. The van der Waals surface area contributed by atoms with Crippen molar-refractivity contribution in [1.82, 2.24) is 35.0 Å². The first kappa shape index (κ1) is 27.3. The average Bonchev–Trinajstić information content (AvgIpc) is 3.21. The number of anilines is 4. The number of ether oxygens (including phenoxy) is 1. The highest BCUT2D eigenvalue weighted by molar-refractivity contribution is 6.00. The maximum absolute atomic E-state index is 13.0. The largest absolute Gasteiger partial charge is 0.494 e. The number of amides is 1. The van der Waals surface area contributed by atoms with Gasteiger partial charge in [0.1, 0.15) is 29.8 Å². The van der Waals surface area contributed by atoms with Gasteiger partial charge < -0.3 is 20.7 Å². The smallest absolute Gasteiger partial charge is 0.408 e. The molecule has 0 aliphatic rings. The van der Waals surface area contributed by atoms with Crippen LogP contribution in [-0.4, -0.2) is 56.0 Å². The van der Waals surface area contributed by atoms with Crippen LogP contribution in [0.2, 0.25) is 0 Å². The second kappa shape index (κ2) is 10.9. The van der Waals surface area contributed by atoms with Crippen LogP contribution in [0.1, 0.15) is 27.7 Å². The van der Waals surface area contributed by atoms with Gasteiger partial charge in [0, 0.05) is 31.1 Å². The Morgan fingerprint density at radius 3 is 2.46 bits per heavy atom. The molecule has 4 rings (SSSR count). The summed E-state index contributed by atoms with van der Waals surface area (Å²) in [5, 5.41) is 12.9. The van der Waals surface area contributed by atoms with Gasteiger partial charge in [-0.05, 0) is 32.9 Å². The summed E-state index contributed by atoms with van der Waals surface area (Å²) in [7, 11) is 2.92. The highest BCUT2D eigenvalue weighted by Crippen LogP contribution is 2.38. The molecule has 0 spiro atoms. The third kappa shape index (κ3) is 6.40. The van der Waals surface area contributed by atoms with E-state index < -0.39 is 12.7 Å². The number of nitrogens with zero attached hydrogens (tertiary/aromatic N) is 6. The van der Waals surface area contributed by atoms with Crippen LogP contribution in [0.5, 0.6) is 5.75 Å². The summed E-state index contributed by atoms with van der Waals surface area (Å²) in [5.74, 6) is 1.57. The summed E-state index contributed by atoms with van der Waals surface area (Å²) < 4.78 is 45.3. The van der Waals surface area contributed by atoms with Crippen molar-refractivity contribution >= 4 is 28.9 Å². The van der Waals surface area contributed by atoms with Gasteiger partial charge in [0.25, 0.3) is 5.91 Å². The summed E-state index contributed by atoms with van der Waals surface area (Å²) in [6.45, 7) is 3.80. The molecule has 0 bridgehead atoms. The molecule has 0 saturated heterocycles. The zero-order valence-electron chi connectivity index (χ0n) is 21.8. The van der Waals surface area contributed by atoms with Crippen LogP contribution in [0.4, 0.5) is 36.2 Å². The Balaban J connectivity index is 1.73. The van der Waals surface area contributed by atoms with Gasteiger partial charge in [-0.15, -0.1) is 0 Å².